The van der Waals surface area contributed by atoms with Gasteiger partial charge in [-0.1, -0.05) is 33.6 Å². The van der Waals surface area contributed by atoms with Crippen molar-refractivity contribution in [2.45, 2.75) is 52.5 Å². The molecular formula is C14H26N2O3. The van der Waals surface area contributed by atoms with Crippen LogP contribution in [0.4, 0.5) is 0 Å². The summed E-state index contributed by atoms with van der Waals surface area (Å²) in [5.74, 6) is -0.856. The highest BCUT2D eigenvalue weighted by molar-refractivity contribution is 5.88. The molecule has 0 spiro atoms. The van der Waals surface area contributed by atoms with Crippen LogP contribution in [-0.2, 0) is 9.59 Å². The van der Waals surface area contributed by atoms with E-state index in [0.717, 1.165) is 25.8 Å². The van der Waals surface area contributed by atoms with Crippen molar-refractivity contribution in [3.63, 3.8) is 0 Å². The number of amides is 1. The Balaban J connectivity index is 2.72. The lowest BCUT2D eigenvalue weighted by Crippen LogP contribution is -2.51. The number of carboxylic acid groups (broad SMARTS) is 1. The van der Waals surface area contributed by atoms with Crippen LogP contribution in [0, 0.1) is 11.3 Å². The number of hydrogen-bond acceptors (Lipinski definition) is 3. The Morgan fingerprint density at radius 3 is 2.53 bits per heavy atom. The van der Waals surface area contributed by atoms with Crippen molar-refractivity contribution in [1.29, 1.82) is 0 Å². The Bertz CT molecular complexity index is 323. The average Bonchev–Trinajstić information content (AvgIpc) is 2.84. The fourth-order valence-electron chi connectivity index (χ4n) is 2.63. The van der Waals surface area contributed by atoms with Crippen molar-refractivity contribution in [3.05, 3.63) is 0 Å². The molecule has 0 saturated carbocycles. The first-order valence-corrected chi connectivity index (χ1v) is 7.18. The number of aliphatic carboxylic acids is 1. The molecule has 0 aromatic rings. The molecule has 0 aliphatic carbocycles. The molecule has 5 nitrogen and oxygen atoms in total. The van der Waals surface area contributed by atoms with E-state index >= 15 is 0 Å². The Kier molecular flexibility index (Phi) is 5.79. The normalized spacial score (nSPS) is 24.4. The molecule has 1 heterocycles. The lowest BCUT2D eigenvalue weighted by atomic mass is 9.75. The molecular weight excluding hydrogens is 244 g/mol. The third-order valence-electron chi connectivity index (χ3n) is 4.20. The smallest absolute Gasteiger partial charge is 0.326 e. The minimum atomic E-state index is -0.938. The van der Waals surface area contributed by atoms with Gasteiger partial charge in [-0.2, -0.15) is 0 Å². The topological polar surface area (TPSA) is 78.4 Å². The molecule has 1 fully saturated rings. The molecule has 19 heavy (non-hydrogen) atoms. The molecule has 0 radical (unpaired) electrons. The summed E-state index contributed by atoms with van der Waals surface area (Å²) in [6, 6.07) is -0.760. The summed E-state index contributed by atoms with van der Waals surface area (Å²) < 4.78 is 0. The van der Waals surface area contributed by atoms with E-state index in [-0.39, 0.29) is 11.8 Å². The van der Waals surface area contributed by atoms with E-state index in [9.17, 15) is 14.7 Å². The minimum absolute atomic E-state index is 0.115. The van der Waals surface area contributed by atoms with Crippen molar-refractivity contribution in [3.8, 4) is 0 Å². The maximum absolute atomic E-state index is 12.5. The molecule has 1 aliphatic rings. The molecule has 1 amide bonds. The van der Waals surface area contributed by atoms with Crippen LogP contribution in [0.1, 0.15) is 46.5 Å². The van der Waals surface area contributed by atoms with Gasteiger partial charge in [-0.3, -0.25) is 4.79 Å². The number of rotatable bonds is 7. The first kappa shape index (κ1) is 16.0. The second-order valence-electron chi connectivity index (χ2n) is 5.74. The van der Waals surface area contributed by atoms with Gasteiger partial charge in [0.05, 0.1) is 5.41 Å². The standard InChI is InChI=1S/C14H26N2O3/c1-4-5-6-11(12(17)18)16-13(19)14(10(2)3)7-8-15-9-14/h10-11,15H,4-9H2,1-3H3,(H,16,19)(H,17,18)/t11-,14?/m0/s1. The van der Waals surface area contributed by atoms with Crippen LogP contribution < -0.4 is 10.6 Å². The first-order chi connectivity index (χ1) is 8.94. The summed E-state index contributed by atoms with van der Waals surface area (Å²) in [4.78, 5) is 23.7. The number of hydrogen-bond donors (Lipinski definition) is 3. The van der Waals surface area contributed by atoms with Gasteiger partial charge in [0, 0.05) is 6.54 Å². The van der Waals surface area contributed by atoms with Crippen molar-refractivity contribution >= 4 is 11.9 Å². The number of carboxylic acids is 1. The summed E-state index contributed by atoms with van der Waals surface area (Å²) in [5, 5.41) is 15.1. The maximum atomic E-state index is 12.5. The molecule has 1 aliphatic heterocycles. The van der Waals surface area contributed by atoms with E-state index in [2.05, 4.69) is 10.6 Å². The van der Waals surface area contributed by atoms with E-state index in [1.54, 1.807) is 0 Å². The molecule has 2 atom stereocenters. The van der Waals surface area contributed by atoms with Crippen molar-refractivity contribution < 1.29 is 14.7 Å². The average molecular weight is 270 g/mol. The lowest BCUT2D eigenvalue weighted by molar-refractivity contribution is -0.144. The predicted molar refractivity (Wildman–Crippen MR) is 73.8 cm³/mol. The third-order valence-corrected chi connectivity index (χ3v) is 4.20. The molecule has 0 bridgehead atoms. The van der Waals surface area contributed by atoms with Crippen LogP contribution in [0.15, 0.2) is 0 Å². The van der Waals surface area contributed by atoms with E-state index in [1.807, 2.05) is 20.8 Å². The second-order valence-corrected chi connectivity index (χ2v) is 5.74. The van der Waals surface area contributed by atoms with Crippen molar-refractivity contribution in [2.24, 2.45) is 11.3 Å². The largest absolute Gasteiger partial charge is 0.480 e. The van der Waals surface area contributed by atoms with Gasteiger partial charge in [-0.15, -0.1) is 0 Å². The fourth-order valence-corrected chi connectivity index (χ4v) is 2.63. The molecule has 0 aromatic heterocycles. The molecule has 1 unspecified atom stereocenters. The van der Waals surface area contributed by atoms with Crippen LogP contribution in [-0.4, -0.2) is 36.1 Å². The highest BCUT2D eigenvalue weighted by Gasteiger charge is 2.44. The van der Waals surface area contributed by atoms with Gasteiger partial charge in [0.15, 0.2) is 0 Å². The Morgan fingerprint density at radius 1 is 1.42 bits per heavy atom. The second kappa shape index (κ2) is 6.89. The minimum Gasteiger partial charge on any atom is -0.480 e. The Hall–Kier alpha value is -1.10. The molecule has 5 heteroatoms. The van der Waals surface area contributed by atoms with Crippen LogP contribution >= 0.6 is 0 Å². The third kappa shape index (κ3) is 3.69. The fraction of sp³-hybridized carbons (Fsp3) is 0.857. The van der Waals surface area contributed by atoms with Crippen LogP contribution in [0.5, 0.6) is 0 Å². The summed E-state index contributed by atoms with van der Waals surface area (Å²) in [7, 11) is 0. The van der Waals surface area contributed by atoms with Crippen LogP contribution in [0.2, 0.25) is 0 Å². The predicted octanol–water partition coefficient (Wildman–Crippen LogP) is 1.38. The quantitative estimate of drug-likeness (QED) is 0.653. The van der Waals surface area contributed by atoms with Crippen molar-refractivity contribution in [2.75, 3.05) is 13.1 Å². The van der Waals surface area contributed by atoms with Gasteiger partial charge in [-0.05, 0) is 25.3 Å². The van der Waals surface area contributed by atoms with Gasteiger partial charge >= 0.3 is 5.97 Å². The number of nitrogens with one attached hydrogen (secondary N) is 2. The Morgan fingerprint density at radius 2 is 2.11 bits per heavy atom. The van der Waals surface area contributed by atoms with E-state index in [4.69, 9.17) is 0 Å². The van der Waals surface area contributed by atoms with E-state index < -0.39 is 17.4 Å². The van der Waals surface area contributed by atoms with E-state index in [0.29, 0.717) is 13.0 Å². The zero-order valence-corrected chi connectivity index (χ0v) is 12.2. The Labute approximate surface area is 115 Å². The molecule has 0 aromatic carbocycles. The summed E-state index contributed by atoms with van der Waals surface area (Å²) in [6.07, 6.45) is 3.01. The van der Waals surface area contributed by atoms with Gasteiger partial charge < -0.3 is 15.7 Å². The number of unbranched alkanes of at least 4 members (excludes halogenated alkanes) is 1. The van der Waals surface area contributed by atoms with Gasteiger partial charge in [0.25, 0.3) is 0 Å². The SMILES string of the molecule is CCCC[C@H](NC(=O)C1(C(C)C)CCNC1)C(=O)O. The lowest BCUT2D eigenvalue weighted by Gasteiger charge is -2.32. The maximum Gasteiger partial charge on any atom is 0.326 e. The highest BCUT2D eigenvalue weighted by atomic mass is 16.4. The molecule has 1 rings (SSSR count). The summed E-state index contributed by atoms with van der Waals surface area (Å²) in [6.45, 7) is 7.51. The van der Waals surface area contributed by atoms with Crippen LogP contribution in [0.25, 0.3) is 0 Å². The number of carbonyl (C=O) groups excluding carboxylic acids is 1. The van der Waals surface area contributed by atoms with Crippen molar-refractivity contribution in [1.82, 2.24) is 10.6 Å². The molecule has 3 N–H and O–H groups in total. The summed E-state index contributed by atoms with van der Waals surface area (Å²) in [5.41, 5.74) is -0.458. The zero-order valence-electron chi connectivity index (χ0n) is 12.2. The van der Waals surface area contributed by atoms with Gasteiger partial charge in [0.2, 0.25) is 5.91 Å². The first-order valence-electron chi connectivity index (χ1n) is 7.18. The van der Waals surface area contributed by atoms with Gasteiger partial charge in [-0.25, -0.2) is 4.79 Å². The molecule has 110 valence electrons. The monoisotopic (exact) mass is 270 g/mol. The highest BCUT2D eigenvalue weighted by Crippen LogP contribution is 2.34. The van der Waals surface area contributed by atoms with Gasteiger partial charge in [0.1, 0.15) is 6.04 Å². The summed E-state index contributed by atoms with van der Waals surface area (Å²) >= 11 is 0. The zero-order chi connectivity index (χ0) is 14.5. The van der Waals surface area contributed by atoms with Crippen LogP contribution in [0.3, 0.4) is 0 Å². The van der Waals surface area contributed by atoms with E-state index in [1.165, 1.54) is 0 Å². The number of carbonyl (C=O) groups is 2. The molecule has 1 saturated heterocycles.